The molecule has 0 aliphatic carbocycles. The zero-order valence-electron chi connectivity index (χ0n) is 20.6. The van der Waals surface area contributed by atoms with Crippen molar-refractivity contribution in [2.45, 2.75) is 0 Å². The number of carbonyl (C=O) groups is 2. The number of nitrogens with zero attached hydrogens (tertiary/aromatic N) is 4. The maximum absolute atomic E-state index is 13.3. The van der Waals surface area contributed by atoms with Crippen LogP contribution in [0.5, 0.6) is 0 Å². The Balaban J connectivity index is 0.000000658. The molecule has 4 aromatic rings. The molecule has 0 radical (unpaired) electrons. The first-order valence-corrected chi connectivity index (χ1v) is 11.1. The maximum Gasteiger partial charge on any atom is 0.335 e. The number of rotatable bonds is 6. The summed E-state index contributed by atoms with van der Waals surface area (Å²) in [4.78, 5) is 42.0. The van der Waals surface area contributed by atoms with E-state index < -0.39 is 5.97 Å². The molecule has 1 N–H and O–H groups in total. The van der Waals surface area contributed by atoms with Gasteiger partial charge in [-0.15, -0.1) is 0 Å². The molecule has 0 unspecified atom stereocenters. The number of carboxylic acids is 1. The highest BCUT2D eigenvalue weighted by atomic mass is 16.4. The van der Waals surface area contributed by atoms with E-state index in [4.69, 9.17) is 5.11 Å². The highest BCUT2D eigenvalue weighted by Gasteiger charge is 2.12. The molecule has 0 fully saturated rings. The van der Waals surface area contributed by atoms with Crippen LogP contribution in [0, 0.1) is 0 Å². The van der Waals surface area contributed by atoms with Crippen molar-refractivity contribution >= 4 is 41.1 Å². The van der Waals surface area contributed by atoms with Gasteiger partial charge in [0.05, 0.1) is 22.2 Å². The second-order valence-corrected chi connectivity index (χ2v) is 8.37. The zero-order chi connectivity index (χ0) is 26.2. The van der Waals surface area contributed by atoms with E-state index in [1.165, 1.54) is 21.6 Å². The third kappa shape index (κ3) is 6.24. The number of para-hydroxylation sites is 1. The van der Waals surface area contributed by atoms with Gasteiger partial charge in [0.2, 0.25) is 6.41 Å². The first kappa shape index (κ1) is 25.9. The Morgan fingerprint density at radius 2 is 1.50 bits per heavy atom. The van der Waals surface area contributed by atoms with Crippen LogP contribution in [0.15, 0.2) is 77.6 Å². The predicted octanol–water partition coefficient (Wildman–Crippen LogP) is 4.02. The summed E-state index contributed by atoms with van der Waals surface area (Å²) >= 11 is 0. The quantitative estimate of drug-likeness (QED) is 0.415. The summed E-state index contributed by atoms with van der Waals surface area (Å²) in [5.41, 5.74) is 3.17. The average Bonchev–Trinajstić information content (AvgIpc) is 2.88. The highest BCUT2D eigenvalue weighted by molar-refractivity contribution is 5.88. The van der Waals surface area contributed by atoms with Gasteiger partial charge in [-0.25, -0.2) is 9.78 Å². The van der Waals surface area contributed by atoms with Crippen molar-refractivity contribution in [2.75, 3.05) is 33.1 Å². The van der Waals surface area contributed by atoms with Crippen molar-refractivity contribution in [3.05, 3.63) is 100 Å². The van der Waals surface area contributed by atoms with Crippen molar-refractivity contribution in [2.24, 2.45) is 0 Å². The minimum absolute atomic E-state index is 0.156. The Morgan fingerprint density at radius 1 is 0.889 bits per heavy atom. The molecular weight excluding hydrogens is 456 g/mol. The molecular formula is C28H28N4O4. The van der Waals surface area contributed by atoms with Crippen LogP contribution >= 0.6 is 0 Å². The molecule has 1 aromatic heterocycles. The zero-order valence-corrected chi connectivity index (χ0v) is 20.6. The fourth-order valence-electron chi connectivity index (χ4n) is 3.32. The second kappa shape index (κ2) is 11.6. The molecule has 1 amide bonds. The second-order valence-electron chi connectivity index (χ2n) is 8.37. The molecule has 0 saturated carbocycles. The van der Waals surface area contributed by atoms with Crippen LogP contribution in [0.3, 0.4) is 0 Å². The summed E-state index contributed by atoms with van der Waals surface area (Å²) in [6.45, 7) is 0. The topological polar surface area (TPSA) is 95.7 Å². The van der Waals surface area contributed by atoms with Gasteiger partial charge in [0, 0.05) is 33.9 Å². The van der Waals surface area contributed by atoms with Crippen LogP contribution in [-0.4, -0.2) is 60.1 Å². The number of aromatic nitrogens is 2. The van der Waals surface area contributed by atoms with Gasteiger partial charge in [-0.1, -0.05) is 30.3 Å². The third-order valence-electron chi connectivity index (χ3n) is 5.22. The molecule has 0 atom stereocenters. The van der Waals surface area contributed by atoms with Gasteiger partial charge >= 0.3 is 5.97 Å². The minimum atomic E-state index is -1.02. The van der Waals surface area contributed by atoms with Gasteiger partial charge in [-0.05, 0) is 60.2 Å². The molecule has 4 rings (SSSR count). The number of benzene rings is 3. The first-order valence-electron chi connectivity index (χ1n) is 11.1. The minimum Gasteiger partial charge on any atom is -0.478 e. The van der Waals surface area contributed by atoms with E-state index in [-0.39, 0.29) is 11.1 Å². The lowest BCUT2D eigenvalue weighted by atomic mass is 10.1. The summed E-state index contributed by atoms with van der Waals surface area (Å²) in [5, 5.41) is 9.66. The summed E-state index contributed by atoms with van der Waals surface area (Å²) < 4.78 is 1.50. The SMILES string of the molecule is CN(C)C=O.CN(C)c1ccc(/C=C/c2nc3ccccc3c(=O)n2-c2ccc(C(=O)O)cc2)cc1. The van der Waals surface area contributed by atoms with E-state index in [2.05, 4.69) is 4.98 Å². The molecule has 0 bridgehead atoms. The Hall–Kier alpha value is -4.72. The third-order valence-corrected chi connectivity index (χ3v) is 5.22. The van der Waals surface area contributed by atoms with E-state index in [0.29, 0.717) is 22.4 Å². The van der Waals surface area contributed by atoms with Crippen molar-refractivity contribution in [3.8, 4) is 5.69 Å². The van der Waals surface area contributed by atoms with Gasteiger partial charge in [-0.3, -0.25) is 14.2 Å². The van der Waals surface area contributed by atoms with E-state index in [9.17, 15) is 14.4 Å². The largest absolute Gasteiger partial charge is 0.478 e. The van der Waals surface area contributed by atoms with Gasteiger partial charge in [-0.2, -0.15) is 0 Å². The van der Waals surface area contributed by atoms with Crippen LogP contribution < -0.4 is 10.5 Å². The normalized spacial score (nSPS) is 10.6. The lowest BCUT2D eigenvalue weighted by molar-refractivity contribution is -0.115. The predicted molar refractivity (Wildman–Crippen MR) is 144 cm³/mol. The summed E-state index contributed by atoms with van der Waals surface area (Å²) in [6, 6.07) is 21.4. The maximum atomic E-state index is 13.3. The van der Waals surface area contributed by atoms with Crippen LogP contribution in [0.2, 0.25) is 0 Å². The molecule has 1 heterocycles. The number of anilines is 1. The van der Waals surface area contributed by atoms with E-state index in [1.54, 1.807) is 50.5 Å². The molecule has 0 spiro atoms. The van der Waals surface area contributed by atoms with Gasteiger partial charge in [0.25, 0.3) is 5.56 Å². The van der Waals surface area contributed by atoms with E-state index in [0.717, 1.165) is 17.7 Å². The molecule has 0 saturated heterocycles. The Morgan fingerprint density at radius 3 is 2.06 bits per heavy atom. The summed E-state index contributed by atoms with van der Waals surface area (Å²) in [6.07, 6.45) is 4.45. The lowest BCUT2D eigenvalue weighted by Crippen LogP contribution is -2.22. The Labute approximate surface area is 209 Å². The smallest absolute Gasteiger partial charge is 0.335 e. The van der Waals surface area contributed by atoms with Gasteiger partial charge < -0.3 is 14.9 Å². The van der Waals surface area contributed by atoms with Crippen LogP contribution in [-0.2, 0) is 4.79 Å². The fourth-order valence-corrected chi connectivity index (χ4v) is 3.32. The van der Waals surface area contributed by atoms with E-state index in [1.807, 2.05) is 55.4 Å². The molecule has 8 heteroatoms. The number of carboxylic acid groups (broad SMARTS) is 1. The molecule has 0 aliphatic heterocycles. The molecule has 3 aromatic carbocycles. The van der Waals surface area contributed by atoms with E-state index >= 15 is 0 Å². The van der Waals surface area contributed by atoms with Gasteiger partial charge in [0.15, 0.2) is 0 Å². The number of hydrogen-bond donors (Lipinski definition) is 1. The molecule has 184 valence electrons. The monoisotopic (exact) mass is 484 g/mol. The number of carbonyl (C=O) groups excluding carboxylic acids is 1. The van der Waals surface area contributed by atoms with Crippen molar-refractivity contribution < 1.29 is 14.7 Å². The standard InChI is InChI=1S/C25H21N3O3.C3H7NO/c1-27(2)19-12-7-17(8-13-19)9-16-23-26-22-6-4-3-5-21(22)24(29)28(23)20-14-10-18(11-15-20)25(30)31;1-4(2)3-5/h3-16H,1-2H3,(H,30,31);3H,1-2H3/b16-9+;. The molecule has 8 nitrogen and oxygen atoms in total. The summed E-state index contributed by atoms with van der Waals surface area (Å²) in [5.74, 6) is -0.555. The van der Waals surface area contributed by atoms with Crippen LogP contribution in [0.4, 0.5) is 5.69 Å². The number of hydrogen-bond acceptors (Lipinski definition) is 5. The lowest BCUT2D eigenvalue weighted by Gasteiger charge is -2.12. The Bertz CT molecular complexity index is 1440. The van der Waals surface area contributed by atoms with Gasteiger partial charge in [0.1, 0.15) is 5.82 Å². The average molecular weight is 485 g/mol. The first-order chi connectivity index (χ1) is 17.2. The Kier molecular flexibility index (Phi) is 8.35. The van der Waals surface area contributed by atoms with Crippen molar-refractivity contribution in [1.82, 2.24) is 14.5 Å². The molecule has 0 aliphatic rings. The fraction of sp³-hybridized carbons (Fsp3) is 0.143. The number of fused-ring (bicyclic) bond motifs is 1. The van der Waals surface area contributed by atoms with Crippen LogP contribution in [0.25, 0.3) is 28.7 Å². The molecule has 36 heavy (non-hydrogen) atoms. The van der Waals surface area contributed by atoms with Crippen molar-refractivity contribution in [1.29, 1.82) is 0 Å². The highest BCUT2D eigenvalue weighted by Crippen LogP contribution is 2.18. The van der Waals surface area contributed by atoms with Crippen molar-refractivity contribution in [3.63, 3.8) is 0 Å². The number of amides is 1. The summed E-state index contributed by atoms with van der Waals surface area (Å²) in [7, 11) is 7.34. The van der Waals surface area contributed by atoms with Crippen LogP contribution in [0.1, 0.15) is 21.7 Å². The number of aromatic carboxylic acids is 1.